The molecule has 2 aromatic carbocycles. The molecule has 1 amide bonds. The lowest BCUT2D eigenvalue weighted by molar-refractivity contribution is -0.124. The van der Waals surface area contributed by atoms with Crippen molar-refractivity contribution in [1.29, 1.82) is 0 Å². The summed E-state index contributed by atoms with van der Waals surface area (Å²) in [5, 5.41) is 3.01. The van der Waals surface area contributed by atoms with Gasteiger partial charge in [-0.05, 0) is 17.7 Å². The second-order valence-electron chi connectivity index (χ2n) is 5.93. The van der Waals surface area contributed by atoms with Crippen LogP contribution >= 0.6 is 0 Å². The molecule has 3 rings (SSSR count). The second-order valence-corrected chi connectivity index (χ2v) is 5.93. The van der Waals surface area contributed by atoms with E-state index >= 15 is 0 Å². The molecule has 0 aliphatic heterocycles. The molecule has 25 heavy (non-hydrogen) atoms. The highest BCUT2D eigenvalue weighted by Gasteiger charge is 2.24. The number of ether oxygens (including phenoxy) is 1. The summed E-state index contributed by atoms with van der Waals surface area (Å²) in [4.78, 5) is 17.2. The number of hydrogen-bond donors (Lipinski definition) is 2. The van der Waals surface area contributed by atoms with E-state index in [2.05, 4.69) is 5.32 Å². The number of imidazole rings is 1. The zero-order valence-electron chi connectivity index (χ0n) is 14.3. The lowest BCUT2D eigenvalue weighted by atomic mass is 10.1. The molecule has 0 radical (unpaired) electrons. The number of benzene rings is 2. The smallest absolute Gasteiger partial charge is 0.240 e. The quantitative estimate of drug-likeness (QED) is 0.717. The summed E-state index contributed by atoms with van der Waals surface area (Å²) in [7, 11) is 3.47. The number of para-hydroxylation sites is 2. The zero-order chi connectivity index (χ0) is 17.8. The van der Waals surface area contributed by atoms with Crippen molar-refractivity contribution < 1.29 is 9.53 Å². The Hall–Kier alpha value is -2.70. The number of fused-ring (bicyclic) bond motifs is 1. The van der Waals surface area contributed by atoms with Gasteiger partial charge in [-0.25, -0.2) is 4.98 Å². The Morgan fingerprint density at radius 1 is 1.20 bits per heavy atom. The number of nitrogens with zero attached hydrogens (tertiary/aromatic N) is 2. The molecule has 0 aliphatic rings. The molecule has 1 heterocycles. The monoisotopic (exact) mass is 338 g/mol. The van der Waals surface area contributed by atoms with Crippen molar-refractivity contribution in [2.24, 2.45) is 12.8 Å². The summed E-state index contributed by atoms with van der Waals surface area (Å²) in [5.41, 5.74) is 8.72. The van der Waals surface area contributed by atoms with Gasteiger partial charge in [-0.15, -0.1) is 0 Å². The van der Waals surface area contributed by atoms with Crippen LogP contribution in [0.15, 0.2) is 54.6 Å². The van der Waals surface area contributed by atoms with E-state index in [1.165, 1.54) is 7.11 Å². The highest BCUT2D eigenvalue weighted by molar-refractivity contribution is 5.83. The number of nitrogens with one attached hydrogen (secondary N) is 1. The van der Waals surface area contributed by atoms with Gasteiger partial charge in [0, 0.05) is 14.2 Å². The Morgan fingerprint density at radius 2 is 1.88 bits per heavy atom. The minimum absolute atomic E-state index is 0.163. The van der Waals surface area contributed by atoms with Gasteiger partial charge in [0.1, 0.15) is 17.9 Å². The van der Waals surface area contributed by atoms with Gasteiger partial charge in [0.15, 0.2) is 0 Å². The minimum Gasteiger partial charge on any atom is -0.383 e. The molecule has 2 atom stereocenters. The first-order valence-corrected chi connectivity index (χ1v) is 8.13. The summed E-state index contributed by atoms with van der Waals surface area (Å²) in [6, 6.07) is 16.5. The summed E-state index contributed by atoms with van der Waals surface area (Å²) in [6.45, 7) is 0.163. The van der Waals surface area contributed by atoms with Crippen LogP contribution in [0.3, 0.4) is 0 Å². The zero-order valence-corrected chi connectivity index (χ0v) is 14.3. The van der Waals surface area contributed by atoms with Gasteiger partial charge >= 0.3 is 0 Å². The third-order valence-corrected chi connectivity index (χ3v) is 4.18. The first kappa shape index (κ1) is 17.1. The van der Waals surface area contributed by atoms with E-state index in [-0.39, 0.29) is 12.5 Å². The molecular formula is C19H22N4O2. The SMILES string of the molecule is COCC(N)C(=O)NC(c1ccccc1)c1nc2ccccc2n1C. The molecule has 0 bridgehead atoms. The lowest BCUT2D eigenvalue weighted by Crippen LogP contribution is -2.45. The number of rotatable bonds is 6. The maximum absolute atomic E-state index is 12.5. The fourth-order valence-corrected chi connectivity index (χ4v) is 2.87. The van der Waals surface area contributed by atoms with E-state index in [1.54, 1.807) is 0 Å². The maximum atomic E-state index is 12.5. The van der Waals surface area contributed by atoms with Crippen LogP contribution in [-0.2, 0) is 16.6 Å². The molecule has 1 aromatic heterocycles. The summed E-state index contributed by atoms with van der Waals surface area (Å²) >= 11 is 0. The largest absolute Gasteiger partial charge is 0.383 e. The van der Waals surface area contributed by atoms with Crippen LogP contribution in [0.25, 0.3) is 11.0 Å². The van der Waals surface area contributed by atoms with Crippen LogP contribution < -0.4 is 11.1 Å². The molecule has 2 unspecified atom stereocenters. The Balaban J connectivity index is 2.01. The van der Waals surface area contributed by atoms with Crippen LogP contribution in [0.5, 0.6) is 0 Å². The molecule has 6 heteroatoms. The lowest BCUT2D eigenvalue weighted by Gasteiger charge is -2.21. The minimum atomic E-state index is -0.731. The summed E-state index contributed by atoms with van der Waals surface area (Å²) in [6.07, 6.45) is 0. The molecule has 0 fully saturated rings. The van der Waals surface area contributed by atoms with Crippen molar-refractivity contribution in [3.63, 3.8) is 0 Å². The number of carbonyl (C=O) groups excluding carboxylic acids is 1. The van der Waals surface area contributed by atoms with Crippen LogP contribution in [0, 0.1) is 0 Å². The van der Waals surface area contributed by atoms with Gasteiger partial charge in [0.05, 0.1) is 17.6 Å². The number of methoxy groups -OCH3 is 1. The average Bonchev–Trinajstić information content (AvgIpc) is 2.97. The first-order chi connectivity index (χ1) is 12.1. The van der Waals surface area contributed by atoms with Gasteiger partial charge in [-0.1, -0.05) is 42.5 Å². The molecule has 0 aliphatic carbocycles. The molecule has 6 nitrogen and oxygen atoms in total. The number of nitrogens with two attached hydrogens (primary N) is 1. The number of amides is 1. The summed E-state index contributed by atoms with van der Waals surface area (Å²) in [5.74, 6) is 0.480. The van der Waals surface area contributed by atoms with Gasteiger partial charge in [-0.2, -0.15) is 0 Å². The van der Waals surface area contributed by atoms with Crippen LogP contribution in [0.4, 0.5) is 0 Å². The van der Waals surface area contributed by atoms with Crippen molar-refractivity contribution in [2.45, 2.75) is 12.1 Å². The fourth-order valence-electron chi connectivity index (χ4n) is 2.87. The van der Waals surface area contributed by atoms with Gasteiger partial charge in [0.25, 0.3) is 0 Å². The Labute approximate surface area is 146 Å². The van der Waals surface area contributed by atoms with Crippen molar-refractivity contribution in [3.8, 4) is 0 Å². The van der Waals surface area contributed by atoms with Crippen molar-refractivity contribution in [1.82, 2.24) is 14.9 Å². The summed E-state index contributed by atoms with van der Waals surface area (Å²) < 4.78 is 6.98. The topological polar surface area (TPSA) is 82.2 Å². The van der Waals surface area contributed by atoms with Crippen LogP contribution in [0.1, 0.15) is 17.4 Å². The number of aryl methyl sites for hydroxylation is 1. The van der Waals surface area contributed by atoms with Crippen molar-refractivity contribution >= 4 is 16.9 Å². The number of aromatic nitrogens is 2. The Kier molecular flexibility index (Phi) is 5.11. The van der Waals surface area contributed by atoms with Gasteiger partial charge in [0.2, 0.25) is 5.91 Å². The molecule has 3 N–H and O–H groups in total. The normalized spacial score (nSPS) is 13.6. The molecule has 3 aromatic rings. The van der Waals surface area contributed by atoms with Crippen LogP contribution in [0.2, 0.25) is 0 Å². The van der Waals surface area contributed by atoms with E-state index in [0.29, 0.717) is 0 Å². The van der Waals surface area contributed by atoms with E-state index in [1.807, 2.05) is 66.2 Å². The number of hydrogen-bond acceptors (Lipinski definition) is 4. The van der Waals surface area contributed by atoms with Crippen molar-refractivity contribution in [2.75, 3.05) is 13.7 Å². The van der Waals surface area contributed by atoms with Crippen molar-refractivity contribution in [3.05, 3.63) is 66.0 Å². The highest BCUT2D eigenvalue weighted by Crippen LogP contribution is 2.25. The molecule has 130 valence electrons. The van der Waals surface area contributed by atoms with Crippen LogP contribution in [-0.4, -0.2) is 35.2 Å². The third kappa shape index (κ3) is 3.55. The standard InChI is InChI=1S/C19H22N4O2/c1-23-16-11-7-6-10-15(16)21-18(23)17(13-8-4-3-5-9-13)22-19(24)14(20)12-25-2/h3-11,14,17H,12,20H2,1-2H3,(H,22,24). The molecule has 0 spiro atoms. The van der Waals surface area contributed by atoms with E-state index in [0.717, 1.165) is 22.4 Å². The van der Waals surface area contributed by atoms with Gasteiger partial charge < -0.3 is 20.4 Å². The average molecular weight is 338 g/mol. The second kappa shape index (κ2) is 7.46. The Morgan fingerprint density at radius 3 is 2.56 bits per heavy atom. The fraction of sp³-hybridized carbons (Fsp3) is 0.263. The maximum Gasteiger partial charge on any atom is 0.240 e. The molecule has 0 saturated carbocycles. The molecular weight excluding hydrogens is 316 g/mol. The predicted molar refractivity (Wildman–Crippen MR) is 97.0 cm³/mol. The highest BCUT2D eigenvalue weighted by atomic mass is 16.5. The van der Waals surface area contributed by atoms with E-state index < -0.39 is 12.1 Å². The third-order valence-electron chi connectivity index (χ3n) is 4.18. The van der Waals surface area contributed by atoms with E-state index in [9.17, 15) is 4.79 Å². The predicted octanol–water partition coefficient (Wildman–Crippen LogP) is 1.75. The van der Waals surface area contributed by atoms with Gasteiger partial charge in [-0.3, -0.25) is 4.79 Å². The Bertz CT molecular complexity index is 860. The number of carbonyl (C=O) groups is 1. The first-order valence-electron chi connectivity index (χ1n) is 8.13. The van der Waals surface area contributed by atoms with E-state index in [4.69, 9.17) is 15.5 Å². The molecule has 0 saturated heterocycles.